The van der Waals surface area contributed by atoms with Crippen molar-refractivity contribution in [3.05, 3.63) is 28.3 Å². The van der Waals surface area contributed by atoms with Crippen LogP contribution in [0.4, 0.5) is 11.4 Å². The van der Waals surface area contributed by atoms with E-state index in [1.807, 2.05) is 0 Å². The van der Waals surface area contributed by atoms with Crippen LogP contribution in [0, 0.1) is 10.1 Å². The van der Waals surface area contributed by atoms with E-state index in [-0.39, 0.29) is 5.69 Å². The summed E-state index contributed by atoms with van der Waals surface area (Å²) >= 11 is 0. The number of rotatable bonds is 3. The van der Waals surface area contributed by atoms with Crippen molar-refractivity contribution in [1.29, 1.82) is 0 Å². The molecule has 0 radical (unpaired) electrons. The lowest BCUT2D eigenvalue weighted by atomic mass is 10.1. The van der Waals surface area contributed by atoms with Crippen molar-refractivity contribution >= 4 is 11.4 Å². The number of anilines is 1. The monoisotopic (exact) mass is 265 g/mol. The Morgan fingerprint density at radius 3 is 2.53 bits per heavy atom. The lowest BCUT2D eigenvalue weighted by Crippen LogP contribution is -2.54. The Bertz CT molecular complexity index is 468. The minimum Gasteiger partial charge on any atom is -0.490 e. The fourth-order valence-corrected chi connectivity index (χ4v) is 2.55. The van der Waals surface area contributed by atoms with E-state index in [4.69, 9.17) is 4.74 Å². The Morgan fingerprint density at radius 1 is 1.37 bits per heavy atom. The van der Waals surface area contributed by atoms with E-state index in [0.717, 1.165) is 18.8 Å². The third kappa shape index (κ3) is 2.96. The van der Waals surface area contributed by atoms with Gasteiger partial charge in [-0.15, -0.1) is 0 Å². The van der Waals surface area contributed by atoms with Gasteiger partial charge >= 0.3 is 5.69 Å². The summed E-state index contributed by atoms with van der Waals surface area (Å²) in [5.41, 5.74) is 0.963. The molecule has 2 unspecified atom stereocenters. The zero-order chi connectivity index (χ0) is 14.0. The van der Waals surface area contributed by atoms with Gasteiger partial charge in [0, 0.05) is 43.0 Å². The van der Waals surface area contributed by atoms with Crippen LogP contribution in [0.1, 0.15) is 13.8 Å². The number of methoxy groups -OCH3 is 1. The second-order valence-electron chi connectivity index (χ2n) is 4.99. The van der Waals surface area contributed by atoms with E-state index >= 15 is 0 Å². The summed E-state index contributed by atoms with van der Waals surface area (Å²) in [7, 11) is 1.45. The number of nitrogens with zero attached hydrogens (tertiary/aromatic N) is 2. The quantitative estimate of drug-likeness (QED) is 0.666. The molecular weight excluding hydrogens is 246 g/mol. The van der Waals surface area contributed by atoms with Gasteiger partial charge in [0.25, 0.3) is 0 Å². The number of nitro benzene ring substituents is 1. The van der Waals surface area contributed by atoms with Gasteiger partial charge in [-0.1, -0.05) is 0 Å². The second kappa shape index (κ2) is 5.44. The van der Waals surface area contributed by atoms with Crippen molar-refractivity contribution in [3.8, 4) is 5.75 Å². The van der Waals surface area contributed by atoms with Crippen molar-refractivity contribution in [2.24, 2.45) is 0 Å². The molecule has 1 N–H and O–H groups in total. The smallest absolute Gasteiger partial charge is 0.311 e. The standard InChI is InChI=1S/C13H19N3O3/c1-9-7-15(8-10(2)14-9)11-4-5-12(16(17)18)13(6-11)19-3/h4-6,9-10,14H,7-8H2,1-3H3. The molecule has 0 spiro atoms. The van der Waals surface area contributed by atoms with Crippen LogP contribution in [0.2, 0.25) is 0 Å². The van der Waals surface area contributed by atoms with E-state index in [1.54, 1.807) is 12.1 Å². The van der Waals surface area contributed by atoms with Gasteiger partial charge in [0.1, 0.15) is 0 Å². The highest BCUT2D eigenvalue weighted by Gasteiger charge is 2.23. The summed E-state index contributed by atoms with van der Waals surface area (Å²) in [6, 6.07) is 5.81. The van der Waals surface area contributed by atoms with E-state index in [2.05, 4.69) is 24.1 Å². The highest BCUT2D eigenvalue weighted by molar-refractivity contribution is 5.59. The Labute approximate surface area is 112 Å². The van der Waals surface area contributed by atoms with Gasteiger partial charge < -0.3 is 15.0 Å². The summed E-state index contributed by atoms with van der Waals surface area (Å²) in [5, 5.41) is 14.3. The topological polar surface area (TPSA) is 67.6 Å². The van der Waals surface area contributed by atoms with Crippen LogP contribution in [0.15, 0.2) is 18.2 Å². The minimum atomic E-state index is -0.425. The second-order valence-corrected chi connectivity index (χ2v) is 4.99. The highest BCUT2D eigenvalue weighted by Crippen LogP contribution is 2.31. The molecule has 0 bridgehead atoms. The molecule has 6 nitrogen and oxygen atoms in total. The van der Waals surface area contributed by atoms with Gasteiger partial charge in [0.15, 0.2) is 5.75 Å². The van der Waals surface area contributed by atoms with E-state index in [1.165, 1.54) is 13.2 Å². The first kappa shape index (κ1) is 13.6. The maximum Gasteiger partial charge on any atom is 0.311 e. The Balaban J connectivity index is 2.27. The summed E-state index contributed by atoms with van der Waals surface area (Å²) in [6.07, 6.45) is 0. The molecule has 19 heavy (non-hydrogen) atoms. The van der Waals surface area contributed by atoms with E-state index in [0.29, 0.717) is 17.8 Å². The van der Waals surface area contributed by atoms with Crippen molar-refractivity contribution in [1.82, 2.24) is 5.32 Å². The predicted molar refractivity (Wildman–Crippen MR) is 73.9 cm³/mol. The third-order valence-corrected chi connectivity index (χ3v) is 3.28. The largest absolute Gasteiger partial charge is 0.490 e. The zero-order valence-electron chi connectivity index (χ0n) is 11.4. The molecule has 1 aliphatic rings. The fourth-order valence-electron chi connectivity index (χ4n) is 2.55. The lowest BCUT2D eigenvalue weighted by molar-refractivity contribution is -0.385. The Morgan fingerprint density at radius 2 is 2.00 bits per heavy atom. The first-order chi connectivity index (χ1) is 9.01. The molecule has 1 saturated heterocycles. The molecule has 1 aromatic rings. The number of nitro groups is 1. The molecule has 2 rings (SSSR count). The summed E-state index contributed by atoms with van der Waals surface area (Å²) in [6.45, 7) is 6.02. The number of piperazine rings is 1. The zero-order valence-corrected chi connectivity index (χ0v) is 11.4. The number of hydrogen-bond donors (Lipinski definition) is 1. The number of ether oxygens (including phenoxy) is 1. The molecule has 0 aromatic heterocycles. The molecule has 1 fully saturated rings. The average molecular weight is 265 g/mol. The Kier molecular flexibility index (Phi) is 3.90. The summed E-state index contributed by atoms with van der Waals surface area (Å²) < 4.78 is 5.11. The molecule has 6 heteroatoms. The lowest BCUT2D eigenvalue weighted by Gasteiger charge is -2.37. The first-order valence-electron chi connectivity index (χ1n) is 6.34. The van der Waals surface area contributed by atoms with E-state index < -0.39 is 4.92 Å². The van der Waals surface area contributed by atoms with Crippen LogP contribution >= 0.6 is 0 Å². The molecule has 1 heterocycles. The van der Waals surface area contributed by atoms with Crippen LogP contribution in [0.5, 0.6) is 5.75 Å². The SMILES string of the molecule is COc1cc(N2CC(C)NC(C)C2)ccc1[N+](=O)[O-]. The van der Waals surface area contributed by atoms with Crippen molar-refractivity contribution in [2.45, 2.75) is 25.9 Å². The van der Waals surface area contributed by atoms with Crippen molar-refractivity contribution < 1.29 is 9.66 Å². The predicted octanol–water partition coefficient (Wildman–Crippen LogP) is 1.79. The van der Waals surface area contributed by atoms with Crippen molar-refractivity contribution in [3.63, 3.8) is 0 Å². The van der Waals surface area contributed by atoms with Crippen LogP contribution in [-0.4, -0.2) is 37.2 Å². The molecule has 1 aromatic carbocycles. The maximum atomic E-state index is 10.9. The molecule has 0 saturated carbocycles. The Hall–Kier alpha value is -1.82. The van der Waals surface area contributed by atoms with Gasteiger partial charge in [-0.05, 0) is 19.9 Å². The number of nitrogens with one attached hydrogen (secondary N) is 1. The molecule has 2 atom stereocenters. The van der Waals surface area contributed by atoms with Crippen LogP contribution in [-0.2, 0) is 0 Å². The van der Waals surface area contributed by atoms with Gasteiger partial charge in [-0.25, -0.2) is 0 Å². The maximum absolute atomic E-state index is 10.9. The van der Waals surface area contributed by atoms with Crippen LogP contribution in [0.25, 0.3) is 0 Å². The van der Waals surface area contributed by atoms with Crippen LogP contribution in [0.3, 0.4) is 0 Å². The highest BCUT2D eigenvalue weighted by atomic mass is 16.6. The fraction of sp³-hybridized carbons (Fsp3) is 0.538. The van der Waals surface area contributed by atoms with Gasteiger partial charge in [0.2, 0.25) is 0 Å². The minimum absolute atomic E-state index is 0.00230. The molecular formula is C13H19N3O3. The van der Waals surface area contributed by atoms with Crippen molar-refractivity contribution in [2.75, 3.05) is 25.1 Å². The molecule has 0 aliphatic carbocycles. The molecule has 104 valence electrons. The van der Waals surface area contributed by atoms with Gasteiger partial charge in [0.05, 0.1) is 12.0 Å². The van der Waals surface area contributed by atoms with E-state index in [9.17, 15) is 10.1 Å². The summed E-state index contributed by atoms with van der Waals surface area (Å²) in [5.74, 6) is 0.307. The average Bonchev–Trinajstić information content (AvgIpc) is 2.36. The van der Waals surface area contributed by atoms with Gasteiger partial charge in [-0.2, -0.15) is 0 Å². The van der Waals surface area contributed by atoms with Crippen LogP contribution < -0.4 is 15.0 Å². The first-order valence-corrected chi connectivity index (χ1v) is 6.34. The summed E-state index contributed by atoms with van der Waals surface area (Å²) in [4.78, 5) is 12.7. The third-order valence-electron chi connectivity index (χ3n) is 3.28. The number of hydrogen-bond acceptors (Lipinski definition) is 5. The normalized spacial score (nSPS) is 23.2. The number of benzene rings is 1. The molecule has 0 amide bonds. The van der Waals surface area contributed by atoms with Gasteiger partial charge in [-0.3, -0.25) is 10.1 Å². The molecule has 1 aliphatic heterocycles.